The number of aromatic nitrogens is 5. The van der Waals surface area contributed by atoms with Gasteiger partial charge in [-0.05, 0) is 20.8 Å². The van der Waals surface area contributed by atoms with E-state index in [0.29, 0.717) is 5.95 Å². The molecule has 1 unspecified atom stereocenters. The molecule has 0 aromatic carbocycles. The third-order valence-corrected chi connectivity index (χ3v) is 4.21. The average Bonchev–Trinajstić information content (AvgIpc) is 3.06. The summed E-state index contributed by atoms with van der Waals surface area (Å²) in [5.74, 6) is 0.514. The normalized spacial score (nSPS) is 13.2. The smallest absolute Gasteiger partial charge is 0.203 e. The first-order valence-corrected chi connectivity index (χ1v) is 7.11. The van der Waals surface area contributed by atoms with Crippen molar-refractivity contribution in [2.45, 2.75) is 33.4 Å². The zero-order valence-corrected chi connectivity index (χ0v) is 12.0. The van der Waals surface area contributed by atoms with E-state index < -0.39 is 0 Å². The van der Waals surface area contributed by atoms with Crippen molar-refractivity contribution in [2.75, 3.05) is 5.73 Å². The Hall–Kier alpha value is -1.89. The van der Waals surface area contributed by atoms with E-state index in [2.05, 4.69) is 28.9 Å². The maximum Gasteiger partial charge on any atom is 0.203 e. The van der Waals surface area contributed by atoms with Gasteiger partial charge in [-0.1, -0.05) is 0 Å². The maximum absolute atomic E-state index is 6.08. The highest BCUT2D eigenvalue weighted by molar-refractivity contribution is 7.09. The summed E-state index contributed by atoms with van der Waals surface area (Å²) < 4.78 is 3.95. The van der Waals surface area contributed by atoms with Gasteiger partial charge in [-0.2, -0.15) is 5.10 Å². The fourth-order valence-corrected chi connectivity index (χ4v) is 3.04. The summed E-state index contributed by atoms with van der Waals surface area (Å²) in [6, 6.07) is 0.0615. The van der Waals surface area contributed by atoms with E-state index in [1.807, 2.05) is 27.7 Å². The number of hydrogen-bond donors (Lipinski definition) is 1. The van der Waals surface area contributed by atoms with Crippen LogP contribution in [-0.4, -0.2) is 24.3 Å². The second-order valence-electron chi connectivity index (χ2n) is 4.46. The summed E-state index contributed by atoms with van der Waals surface area (Å²) >= 11 is 1.62. The van der Waals surface area contributed by atoms with E-state index in [0.717, 1.165) is 28.4 Å². The molecule has 3 aromatic rings. The van der Waals surface area contributed by atoms with E-state index in [-0.39, 0.29) is 6.04 Å². The first kappa shape index (κ1) is 12.2. The minimum Gasteiger partial charge on any atom is -0.369 e. The molecule has 0 bridgehead atoms. The highest BCUT2D eigenvalue weighted by Gasteiger charge is 2.22. The van der Waals surface area contributed by atoms with Crippen LogP contribution in [0.3, 0.4) is 0 Å². The van der Waals surface area contributed by atoms with Crippen LogP contribution in [0.15, 0.2) is 11.6 Å². The Labute approximate surface area is 114 Å². The van der Waals surface area contributed by atoms with Crippen LogP contribution in [0.4, 0.5) is 5.95 Å². The van der Waals surface area contributed by atoms with Crippen LogP contribution in [-0.2, 0) is 6.54 Å². The van der Waals surface area contributed by atoms with E-state index >= 15 is 0 Å². The molecular formula is C12H16N6S. The molecule has 0 aliphatic carbocycles. The highest BCUT2D eigenvalue weighted by atomic mass is 32.1. The molecule has 100 valence electrons. The fourth-order valence-electron chi connectivity index (χ4n) is 2.36. The number of nitrogen functional groups attached to an aromatic ring is 1. The summed E-state index contributed by atoms with van der Waals surface area (Å²) in [6.07, 6.45) is 1.81. The van der Waals surface area contributed by atoms with Gasteiger partial charge >= 0.3 is 0 Å². The molecule has 3 heterocycles. The molecule has 0 saturated heterocycles. The first-order chi connectivity index (χ1) is 9.13. The largest absolute Gasteiger partial charge is 0.369 e. The van der Waals surface area contributed by atoms with Crippen molar-refractivity contribution in [3.05, 3.63) is 22.3 Å². The van der Waals surface area contributed by atoms with Gasteiger partial charge in [0.1, 0.15) is 10.5 Å². The SMILES string of the molecule is CCn1nc(C)c2nc(N)n(C(C)c3nccs3)c21. The van der Waals surface area contributed by atoms with E-state index in [9.17, 15) is 0 Å². The third kappa shape index (κ3) is 1.73. The summed E-state index contributed by atoms with van der Waals surface area (Å²) in [4.78, 5) is 8.81. The minimum atomic E-state index is 0.0615. The van der Waals surface area contributed by atoms with Gasteiger partial charge in [0.15, 0.2) is 5.65 Å². The monoisotopic (exact) mass is 276 g/mol. The van der Waals surface area contributed by atoms with Crippen molar-refractivity contribution in [3.63, 3.8) is 0 Å². The van der Waals surface area contributed by atoms with Gasteiger partial charge in [0.05, 0.1) is 11.7 Å². The van der Waals surface area contributed by atoms with Crippen molar-refractivity contribution in [3.8, 4) is 0 Å². The molecule has 3 rings (SSSR count). The van der Waals surface area contributed by atoms with Gasteiger partial charge in [-0.15, -0.1) is 11.3 Å². The molecule has 3 aromatic heterocycles. The quantitative estimate of drug-likeness (QED) is 0.796. The van der Waals surface area contributed by atoms with Crippen molar-refractivity contribution in [2.24, 2.45) is 0 Å². The molecule has 6 nitrogen and oxygen atoms in total. The van der Waals surface area contributed by atoms with Gasteiger partial charge < -0.3 is 5.73 Å². The standard InChI is InChI=1S/C12H16N6S/c1-4-17-11-9(7(2)16-17)15-12(13)18(11)8(3)10-14-5-6-19-10/h5-6,8H,4H2,1-3H3,(H2,13,15). The van der Waals surface area contributed by atoms with Gasteiger partial charge in [0.25, 0.3) is 0 Å². The summed E-state index contributed by atoms with van der Waals surface area (Å²) in [5, 5.41) is 7.49. The molecule has 7 heteroatoms. The minimum absolute atomic E-state index is 0.0615. The average molecular weight is 276 g/mol. The number of thiazole rings is 1. The van der Waals surface area contributed by atoms with E-state index in [1.54, 1.807) is 11.3 Å². The molecular weight excluding hydrogens is 260 g/mol. The predicted molar refractivity (Wildman–Crippen MR) is 76.3 cm³/mol. The molecule has 0 aliphatic heterocycles. The molecule has 1 atom stereocenters. The van der Waals surface area contributed by atoms with Crippen LogP contribution in [0.1, 0.15) is 30.6 Å². The van der Waals surface area contributed by atoms with Crippen LogP contribution in [0, 0.1) is 6.92 Å². The summed E-state index contributed by atoms with van der Waals surface area (Å²) in [5.41, 5.74) is 8.85. The molecule has 0 saturated carbocycles. The Morgan fingerprint density at radius 2 is 2.26 bits per heavy atom. The molecule has 2 N–H and O–H groups in total. The zero-order chi connectivity index (χ0) is 13.6. The fraction of sp³-hybridized carbons (Fsp3) is 0.417. The lowest BCUT2D eigenvalue weighted by Gasteiger charge is -2.14. The van der Waals surface area contributed by atoms with Crippen LogP contribution >= 0.6 is 11.3 Å². The second kappa shape index (κ2) is 4.34. The van der Waals surface area contributed by atoms with Crippen molar-refractivity contribution >= 4 is 28.4 Å². The van der Waals surface area contributed by atoms with Gasteiger partial charge in [0, 0.05) is 18.1 Å². The van der Waals surface area contributed by atoms with E-state index in [4.69, 9.17) is 5.73 Å². The Balaban J connectivity index is 2.25. The Kier molecular flexibility index (Phi) is 2.78. The number of nitrogens with zero attached hydrogens (tertiary/aromatic N) is 5. The number of nitrogens with two attached hydrogens (primary N) is 1. The Morgan fingerprint density at radius 3 is 2.89 bits per heavy atom. The number of imidazole rings is 1. The zero-order valence-electron chi connectivity index (χ0n) is 11.2. The number of fused-ring (bicyclic) bond motifs is 1. The van der Waals surface area contributed by atoms with Crippen molar-refractivity contribution in [1.29, 1.82) is 0 Å². The number of hydrogen-bond acceptors (Lipinski definition) is 5. The molecule has 0 amide bonds. The number of rotatable bonds is 3. The first-order valence-electron chi connectivity index (χ1n) is 6.23. The second-order valence-corrected chi connectivity index (χ2v) is 5.39. The van der Waals surface area contributed by atoms with Crippen LogP contribution in [0.25, 0.3) is 11.2 Å². The van der Waals surface area contributed by atoms with Crippen molar-refractivity contribution < 1.29 is 0 Å². The molecule has 0 aliphatic rings. The Bertz CT molecular complexity index is 708. The van der Waals surface area contributed by atoms with Crippen LogP contribution in [0.2, 0.25) is 0 Å². The Morgan fingerprint density at radius 1 is 1.47 bits per heavy atom. The number of aryl methyl sites for hydroxylation is 2. The maximum atomic E-state index is 6.08. The lowest BCUT2D eigenvalue weighted by Crippen LogP contribution is -2.13. The van der Waals surface area contributed by atoms with Crippen LogP contribution in [0.5, 0.6) is 0 Å². The van der Waals surface area contributed by atoms with Gasteiger partial charge in [-0.25, -0.2) is 14.6 Å². The third-order valence-electron chi connectivity index (χ3n) is 3.27. The molecule has 0 fully saturated rings. The number of anilines is 1. The lowest BCUT2D eigenvalue weighted by molar-refractivity contribution is 0.605. The molecule has 0 spiro atoms. The summed E-state index contributed by atoms with van der Waals surface area (Å²) in [7, 11) is 0. The predicted octanol–water partition coefficient (Wildman–Crippen LogP) is 2.21. The highest BCUT2D eigenvalue weighted by Crippen LogP contribution is 2.29. The van der Waals surface area contributed by atoms with E-state index in [1.165, 1.54) is 0 Å². The van der Waals surface area contributed by atoms with Gasteiger partial charge in [-0.3, -0.25) is 4.57 Å². The lowest BCUT2D eigenvalue weighted by atomic mass is 10.3. The molecule has 19 heavy (non-hydrogen) atoms. The molecule has 0 radical (unpaired) electrons. The van der Waals surface area contributed by atoms with Crippen molar-refractivity contribution in [1.82, 2.24) is 24.3 Å². The van der Waals surface area contributed by atoms with Crippen LogP contribution < -0.4 is 5.73 Å². The topological polar surface area (TPSA) is 74.6 Å². The van der Waals surface area contributed by atoms with Gasteiger partial charge in [0.2, 0.25) is 5.95 Å². The summed E-state index contributed by atoms with van der Waals surface area (Å²) in [6.45, 7) is 6.89.